The molecule has 1 aliphatic heterocycles. The topological polar surface area (TPSA) is 23.5 Å². The zero-order chi connectivity index (χ0) is 14.7. The standard InChI is InChI=1S/C18H26ClNO/c19-17-9-7-15(8-10-17)18(21)11-5-6-16(18)14-20-12-3-1-2-4-13-20/h7-10,16,21H,1-6,11-14H2. The van der Waals surface area contributed by atoms with Crippen LogP contribution in [0, 0.1) is 5.92 Å². The summed E-state index contributed by atoms with van der Waals surface area (Å²) in [6.45, 7) is 3.44. The van der Waals surface area contributed by atoms with E-state index in [2.05, 4.69) is 4.90 Å². The summed E-state index contributed by atoms with van der Waals surface area (Å²) < 4.78 is 0. The zero-order valence-corrected chi connectivity index (χ0v) is 13.5. The summed E-state index contributed by atoms with van der Waals surface area (Å²) in [6, 6.07) is 7.80. The number of nitrogens with zero attached hydrogens (tertiary/aromatic N) is 1. The van der Waals surface area contributed by atoms with Gasteiger partial charge in [0.2, 0.25) is 0 Å². The average molecular weight is 308 g/mol. The molecule has 0 radical (unpaired) electrons. The number of benzene rings is 1. The second-order valence-corrected chi connectivity index (χ2v) is 7.17. The van der Waals surface area contributed by atoms with E-state index < -0.39 is 5.60 Å². The van der Waals surface area contributed by atoms with Crippen LogP contribution in [0.4, 0.5) is 0 Å². The van der Waals surface area contributed by atoms with Gasteiger partial charge in [-0.3, -0.25) is 0 Å². The van der Waals surface area contributed by atoms with Gasteiger partial charge in [-0.1, -0.05) is 36.6 Å². The van der Waals surface area contributed by atoms with Crippen LogP contribution in [0.3, 0.4) is 0 Å². The first-order valence-electron chi connectivity index (χ1n) is 8.39. The molecule has 2 aliphatic rings. The molecule has 0 bridgehead atoms. The van der Waals surface area contributed by atoms with Gasteiger partial charge in [0.15, 0.2) is 0 Å². The molecule has 0 spiro atoms. The van der Waals surface area contributed by atoms with Gasteiger partial charge in [-0.2, -0.15) is 0 Å². The van der Waals surface area contributed by atoms with Crippen molar-refractivity contribution in [3.8, 4) is 0 Å². The largest absolute Gasteiger partial charge is 0.385 e. The molecule has 1 aliphatic carbocycles. The maximum Gasteiger partial charge on any atom is 0.0936 e. The fraction of sp³-hybridized carbons (Fsp3) is 0.667. The van der Waals surface area contributed by atoms with Crippen molar-refractivity contribution in [1.82, 2.24) is 4.90 Å². The molecule has 1 aromatic carbocycles. The lowest BCUT2D eigenvalue weighted by Gasteiger charge is -2.34. The number of halogens is 1. The van der Waals surface area contributed by atoms with E-state index >= 15 is 0 Å². The smallest absolute Gasteiger partial charge is 0.0936 e. The number of likely N-dealkylation sites (tertiary alicyclic amines) is 1. The van der Waals surface area contributed by atoms with Crippen LogP contribution in [0.2, 0.25) is 5.02 Å². The Balaban J connectivity index is 1.73. The van der Waals surface area contributed by atoms with Gasteiger partial charge in [-0.25, -0.2) is 0 Å². The Morgan fingerprint density at radius 3 is 2.38 bits per heavy atom. The lowest BCUT2D eigenvalue weighted by Crippen LogP contribution is -2.39. The van der Waals surface area contributed by atoms with Gasteiger partial charge in [-0.05, 0) is 62.9 Å². The second-order valence-electron chi connectivity index (χ2n) is 6.74. The second kappa shape index (κ2) is 6.68. The van der Waals surface area contributed by atoms with Crippen LogP contribution in [0.1, 0.15) is 50.5 Å². The summed E-state index contributed by atoms with van der Waals surface area (Å²) >= 11 is 5.98. The van der Waals surface area contributed by atoms with Crippen LogP contribution in [0.5, 0.6) is 0 Å². The molecule has 3 heteroatoms. The first-order chi connectivity index (χ1) is 10.2. The third-order valence-corrected chi connectivity index (χ3v) is 5.56. The summed E-state index contributed by atoms with van der Waals surface area (Å²) in [5.41, 5.74) is 0.390. The van der Waals surface area contributed by atoms with Gasteiger partial charge in [0, 0.05) is 17.5 Å². The monoisotopic (exact) mass is 307 g/mol. The maximum atomic E-state index is 11.2. The highest BCUT2D eigenvalue weighted by Crippen LogP contribution is 2.44. The third-order valence-electron chi connectivity index (χ3n) is 5.31. The normalized spacial score (nSPS) is 31.2. The number of hydrogen-bond donors (Lipinski definition) is 1. The average Bonchev–Trinajstić information content (AvgIpc) is 2.70. The van der Waals surface area contributed by atoms with E-state index in [1.54, 1.807) is 0 Å². The van der Waals surface area contributed by atoms with Gasteiger partial charge >= 0.3 is 0 Å². The van der Waals surface area contributed by atoms with Crippen molar-refractivity contribution in [2.24, 2.45) is 5.92 Å². The molecule has 1 N–H and O–H groups in total. The summed E-state index contributed by atoms with van der Waals surface area (Å²) in [5, 5.41) is 12.0. The highest BCUT2D eigenvalue weighted by Gasteiger charge is 2.43. The molecule has 2 fully saturated rings. The van der Waals surface area contributed by atoms with Gasteiger partial charge < -0.3 is 10.0 Å². The van der Waals surface area contributed by atoms with Crippen molar-refractivity contribution in [3.63, 3.8) is 0 Å². The Bertz CT molecular complexity index is 453. The van der Waals surface area contributed by atoms with E-state index in [-0.39, 0.29) is 0 Å². The molecule has 1 heterocycles. The highest BCUT2D eigenvalue weighted by atomic mass is 35.5. The van der Waals surface area contributed by atoms with E-state index in [4.69, 9.17) is 11.6 Å². The molecule has 116 valence electrons. The van der Waals surface area contributed by atoms with Crippen molar-refractivity contribution in [2.75, 3.05) is 19.6 Å². The van der Waals surface area contributed by atoms with Crippen molar-refractivity contribution in [3.05, 3.63) is 34.9 Å². The Morgan fingerprint density at radius 2 is 1.71 bits per heavy atom. The third kappa shape index (κ3) is 3.44. The predicted octanol–water partition coefficient (Wildman–Crippen LogP) is 4.20. The van der Waals surface area contributed by atoms with E-state index in [1.165, 1.54) is 38.8 Å². The van der Waals surface area contributed by atoms with Crippen LogP contribution < -0.4 is 0 Å². The lowest BCUT2D eigenvalue weighted by molar-refractivity contribution is -0.0155. The van der Waals surface area contributed by atoms with Crippen LogP contribution >= 0.6 is 11.6 Å². The molecule has 21 heavy (non-hydrogen) atoms. The number of hydrogen-bond acceptors (Lipinski definition) is 2. The molecular formula is C18H26ClNO. The van der Waals surface area contributed by atoms with Crippen molar-refractivity contribution >= 4 is 11.6 Å². The molecule has 2 atom stereocenters. The summed E-state index contributed by atoms with van der Waals surface area (Å²) in [5.74, 6) is 0.358. The zero-order valence-electron chi connectivity index (χ0n) is 12.7. The maximum absolute atomic E-state index is 11.2. The first-order valence-corrected chi connectivity index (χ1v) is 8.77. The van der Waals surface area contributed by atoms with Crippen molar-refractivity contribution in [1.29, 1.82) is 0 Å². The fourth-order valence-electron chi connectivity index (χ4n) is 4.05. The highest BCUT2D eigenvalue weighted by molar-refractivity contribution is 6.30. The Labute approximate surface area is 133 Å². The lowest BCUT2D eigenvalue weighted by atomic mass is 9.83. The van der Waals surface area contributed by atoms with E-state index in [0.717, 1.165) is 36.4 Å². The van der Waals surface area contributed by atoms with Crippen LogP contribution in [0.15, 0.2) is 24.3 Å². The fourth-order valence-corrected chi connectivity index (χ4v) is 4.18. The van der Waals surface area contributed by atoms with Gasteiger partial charge in [0.05, 0.1) is 5.60 Å². The molecule has 1 saturated heterocycles. The van der Waals surface area contributed by atoms with Crippen LogP contribution in [-0.2, 0) is 5.60 Å². The summed E-state index contributed by atoms with van der Waals surface area (Å²) in [7, 11) is 0. The van der Waals surface area contributed by atoms with E-state index in [0.29, 0.717) is 5.92 Å². The van der Waals surface area contributed by atoms with E-state index in [1.807, 2.05) is 24.3 Å². The SMILES string of the molecule is OC1(c2ccc(Cl)cc2)CCCC1CN1CCCCCC1. The van der Waals surface area contributed by atoms with Gasteiger partial charge in [0.1, 0.15) is 0 Å². The molecule has 2 nitrogen and oxygen atoms in total. The molecule has 1 aromatic rings. The number of rotatable bonds is 3. The Kier molecular flexibility index (Phi) is 4.88. The molecule has 1 saturated carbocycles. The molecule has 0 amide bonds. The Hall–Kier alpha value is -0.570. The summed E-state index contributed by atoms with van der Waals surface area (Å²) in [4.78, 5) is 2.57. The van der Waals surface area contributed by atoms with E-state index in [9.17, 15) is 5.11 Å². The minimum absolute atomic E-state index is 0.358. The molecular weight excluding hydrogens is 282 g/mol. The van der Waals surface area contributed by atoms with Gasteiger partial charge in [0.25, 0.3) is 0 Å². The minimum atomic E-state index is -0.656. The first kappa shape index (κ1) is 15.3. The molecule has 0 aromatic heterocycles. The van der Waals surface area contributed by atoms with Crippen LogP contribution in [0.25, 0.3) is 0 Å². The minimum Gasteiger partial charge on any atom is -0.385 e. The summed E-state index contributed by atoms with van der Waals surface area (Å²) in [6.07, 6.45) is 8.49. The predicted molar refractivity (Wildman–Crippen MR) is 87.6 cm³/mol. The quantitative estimate of drug-likeness (QED) is 0.904. The van der Waals surface area contributed by atoms with Crippen molar-refractivity contribution in [2.45, 2.75) is 50.5 Å². The van der Waals surface area contributed by atoms with Gasteiger partial charge in [-0.15, -0.1) is 0 Å². The number of aliphatic hydroxyl groups is 1. The van der Waals surface area contributed by atoms with Crippen LogP contribution in [-0.4, -0.2) is 29.6 Å². The molecule has 2 unspecified atom stereocenters. The molecule has 3 rings (SSSR count). The van der Waals surface area contributed by atoms with Crippen molar-refractivity contribution < 1.29 is 5.11 Å². The Morgan fingerprint density at radius 1 is 1.05 bits per heavy atom.